The minimum absolute atomic E-state index is 0.00865. The summed E-state index contributed by atoms with van der Waals surface area (Å²) in [6, 6.07) is 21.1. The van der Waals surface area contributed by atoms with Gasteiger partial charge in [-0.3, -0.25) is 4.79 Å². The van der Waals surface area contributed by atoms with Crippen LogP contribution in [0.5, 0.6) is 0 Å². The van der Waals surface area contributed by atoms with Crippen LogP contribution < -0.4 is 10.0 Å². The van der Waals surface area contributed by atoms with E-state index in [1.807, 2.05) is 55.5 Å². The summed E-state index contributed by atoms with van der Waals surface area (Å²) < 4.78 is 27.8. The van der Waals surface area contributed by atoms with E-state index in [-0.39, 0.29) is 16.8 Å². The molecule has 1 saturated carbocycles. The van der Waals surface area contributed by atoms with Gasteiger partial charge in [-0.15, -0.1) is 0 Å². The van der Waals surface area contributed by atoms with Gasteiger partial charge in [0.25, 0.3) is 15.9 Å². The number of rotatable bonds is 8. The van der Waals surface area contributed by atoms with Crippen LogP contribution in [0.2, 0.25) is 5.02 Å². The van der Waals surface area contributed by atoms with Crippen LogP contribution in [-0.4, -0.2) is 37.8 Å². The van der Waals surface area contributed by atoms with Crippen molar-refractivity contribution in [3.63, 3.8) is 0 Å². The van der Waals surface area contributed by atoms with E-state index in [0.29, 0.717) is 29.5 Å². The maximum Gasteiger partial charge on any atom is 0.328 e. The molecule has 0 aromatic heterocycles. The van der Waals surface area contributed by atoms with Gasteiger partial charge in [0.1, 0.15) is 0 Å². The van der Waals surface area contributed by atoms with Gasteiger partial charge in [0, 0.05) is 23.2 Å². The maximum atomic E-state index is 13.5. The molecule has 9 heteroatoms. The number of carbonyl (C=O) groups is 2. The van der Waals surface area contributed by atoms with Crippen LogP contribution in [0.4, 0.5) is 4.79 Å². The van der Waals surface area contributed by atoms with Crippen molar-refractivity contribution in [2.24, 2.45) is 5.92 Å². The molecular formula is C34H36ClN3O4S. The normalized spacial score (nSPS) is 19.8. The van der Waals surface area contributed by atoms with Gasteiger partial charge in [0.2, 0.25) is 0 Å². The van der Waals surface area contributed by atoms with E-state index in [2.05, 4.69) is 17.0 Å². The number of nitrogens with one attached hydrogen (secondary N) is 2. The highest BCUT2D eigenvalue weighted by Gasteiger charge is 2.29. The third kappa shape index (κ3) is 7.75. The number of carbonyl (C=O) groups excluding carboxylic acids is 2. The fourth-order valence-corrected chi connectivity index (χ4v) is 6.50. The minimum atomic E-state index is -4.02. The number of amides is 3. The maximum absolute atomic E-state index is 13.5. The highest BCUT2D eigenvalue weighted by Crippen LogP contribution is 2.31. The third-order valence-electron chi connectivity index (χ3n) is 8.05. The summed E-state index contributed by atoms with van der Waals surface area (Å²) >= 11 is 6.03. The molecule has 0 saturated heterocycles. The zero-order valence-corrected chi connectivity index (χ0v) is 25.9. The van der Waals surface area contributed by atoms with Gasteiger partial charge in [-0.05, 0) is 98.1 Å². The Morgan fingerprint density at radius 2 is 1.60 bits per heavy atom. The van der Waals surface area contributed by atoms with Crippen LogP contribution in [0, 0.1) is 12.8 Å². The molecule has 3 amide bonds. The van der Waals surface area contributed by atoms with Gasteiger partial charge in [-0.1, -0.05) is 72.6 Å². The molecule has 0 atom stereocenters. The van der Waals surface area contributed by atoms with Crippen molar-refractivity contribution < 1.29 is 18.0 Å². The number of hydrogen-bond acceptors (Lipinski definition) is 4. The van der Waals surface area contributed by atoms with Crippen LogP contribution in [0.15, 0.2) is 89.3 Å². The summed E-state index contributed by atoms with van der Waals surface area (Å²) in [7, 11) is -4.02. The van der Waals surface area contributed by atoms with E-state index in [0.717, 1.165) is 53.6 Å². The average molecular weight is 618 g/mol. The van der Waals surface area contributed by atoms with E-state index in [1.165, 1.54) is 12.1 Å². The fourth-order valence-electron chi connectivity index (χ4n) is 5.46. The molecule has 1 heterocycles. The Labute approximate surface area is 258 Å². The van der Waals surface area contributed by atoms with Gasteiger partial charge in [0.15, 0.2) is 0 Å². The first kappa shape index (κ1) is 30.6. The molecular weight excluding hydrogens is 582 g/mol. The molecule has 0 radical (unpaired) electrons. The van der Waals surface area contributed by atoms with Gasteiger partial charge >= 0.3 is 6.03 Å². The Kier molecular flexibility index (Phi) is 9.37. The molecule has 43 heavy (non-hydrogen) atoms. The second-order valence-corrected chi connectivity index (χ2v) is 13.6. The zero-order valence-electron chi connectivity index (χ0n) is 24.3. The van der Waals surface area contributed by atoms with E-state index in [9.17, 15) is 18.0 Å². The number of urea groups is 1. The summed E-state index contributed by atoms with van der Waals surface area (Å²) in [6.45, 7) is 4.61. The molecule has 1 aliphatic carbocycles. The third-order valence-corrected chi connectivity index (χ3v) is 9.65. The summed E-state index contributed by atoms with van der Waals surface area (Å²) in [5, 5.41) is 3.42. The van der Waals surface area contributed by atoms with Crippen molar-refractivity contribution in [2.45, 2.75) is 56.9 Å². The highest BCUT2D eigenvalue weighted by molar-refractivity contribution is 7.90. The first-order valence-electron chi connectivity index (χ1n) is 14.6. The van der Waals surface area contributed by atoms with E-state index in [4.69, 9.17) is 11.6 Å². The smallest absolute Gasteiger partial charge is 0.328 e. The lowest BCUT2D eigenvalue weighted by atomic mass is 9.87. The largest absolute Gasteiger partial charge is 0.335 e. The average Bonchev–Trinajstić information content (AvgIpc) is 3.29. The molecule has 2 N–H and O–H groups in total. The number of sulfonamides is 1. The predicted molar refractivity (Wildman–Crippen MR) is 171 cm³/mol. The molecule has 0 spiro atoms. The SMILES string of the molecule is Cc1ccc(C2=C/C(=C/c3ccc(Cl)cc3)C(=O)N2CCc2ccc(S(=O)(=O)NC(=O)NC3CCC(C)CC3)cc2)cc1. The highest BCUT2D eigenvalue weighted by atomic mass is 35.5. The quantitative estimate of drug-likeness (QED) is 0.274. The molecule has 3 aromatic carbocycles. The molecule has 3 aromatic rings. The molecule has 5 rings (SSSR count). The Hall–Kier alpha value is -3.88. The second kappa shape index (κ2) is 13.2. The lowest BCUT2D eigenvalue weighted by Crippen LogP contribution is -2.45. The predicted octanol–water partition coefficient (Wildman–Crippen LogP) is 6.72. The Bertz CT molecular complexity index is 1640. The first-order chi connectivity index (χ1) is 20.6. The Morgan fingerprint density at radius 1 is 0.953 bits per heavy atom. The summed E-state index contributed by atoms with van der Waals surface area (Å²) in [5.74, 6) is 0.525. The molecule has 2 aliphatic rings. The van der Waals surface area contributed by atoms with Crippen LogP contribution >= 0.6 is 11.6 Å². The van der Waals surface area contributed by atoms with Crippen molar-refractivity contribution in [3.8, 4) is 0 Å². The number of hydrogen-bond donors (Lipinski definition) is 2. The molecule has 0 unspecified atom stereocenters. The van der Waals surface area contributed by atoms with Crippen molar-refractivity contribution >= 4 is 45.3 Å². The van der Waals surface area contributed by atoms with Crippen molar-refractivity contribution in [3.05, 3.63) is 112 Å². The summed E-state index contributed by atoms with van der Waals surface area (Å²) in [6.07, 6.45) is 8.00. The minimum Gasteiger partial charge on any atom is -0.335 e. The second-order valence-electron chi connectivity index (χ2n) is 11.4. The fraction of sp³-hybridized carbons (Fsp3) is 0.294. The molecule has 7 nitrogen and oxygen atoms in total. The van der Waals surface area contributed by atoms with E-state index < -0.39 is 16.1 Å². The molecule has 224 valence electrons. The monoisotopic (exact) mass is 617 g/mol. The number of nitrogens with zero attached hydrogens (tertiary/aromatic N) is 1. The van der Waals surface area contributed by atoms with Gasteiger partial charge in [0.05, 0.1) is 10.6 Å². The first-order valence-corrected chi connectivity index (χ1v) is 16.4. The van der Waals surface area contributed by atoms with Gasteiger partial charge < -0.3 is 10.2 Å². The number of benzene rings is 3. The van der Waals surface area contributed by atoms with Gasteiger partial charge in [-0.25, -0.2) is 17.9 Å². The Morgan fingerprint density at radius 3 is 2.26 bits per heavy atom. The lowest BCUT2D eigenvalue weighted by Gasteiger charge is -2.26. The standard InChI is InChI=1S/C34H36ClN3O4S/c1-23-3-11-27(12-4-23)32-22-28(21-26-7-13-29(35)14-8-26)33(39)38(32)20-19-25-9-17-31(18-10-25)43(41,42)37-34(40)36-30-15-5-24(2)6-16-30/h3-4,7-14,17-18,21-22,24,30H,5-6,15-16,19-20H2,1-2H3,(H2,36,37,40)/b28-21-. The number of halogens is 1. The number of aryl methyl sites for hydroxylation is 1. The van der Waals surface area contributed by atoms with E-state index in [1.54, 1.807) is 29.2 Å². The zero-order chi connectivity index (χ0) is 30.6. The van der Waals surface area contributed by atoms with E-state index >= 15 is 0 Å². The van der Waals surface area contributed by atoms with Crippen molar-refractivity contribution in [1.29, 1.82) is 0 Å². The summed E-state index contributed by atoms with van der Waals surface area (Å²) in [4.78, 5) is 27.7. The topological polar surface area (TPSA) is 95.6 Å². The van der Waals surface area contributed by atoms with Crippen LogP contribution in [0.3, 0.4) is 0 Å². The van der Waals surface area contributed by atoms with Crippen LogP contribution in [-0.2, 0) is 21.2 Å². The summed E-state index contributed by atoms with van der Waals surface area (Å²) in [5.41, 5.74) is 5.20. The molecule has 0 bridgehead atoms. The Balaban J connectivity index is 1.26. The van der Waals surface area contributed by atoms with Crippen LogP contribution in [0.1, 0.15) is 54.9 Å². The van der Waals surface area contributed by atoms with Crippen LogP contribution in [0.25, 0.3) is 11.8 Å². The molecule has 1 aliphatic heterocycles. The lowest BCUT2D eigenvalue weighted by molar-refractivity contribution is -0.122. The van der Waals surface area contributed by atoms with Crippen molar-refractivity contribution in [2.75, 3.05) is 6.54 Å². The van der Waals surface area contributed by atoms with Gasteiger partial charge in [-0.2, -0.15) is 0 Å². The molecule has 1 fully saturated rings. The van der Waals surface area contributed by atoms with Crippen molar-refractivity contribution in [1.82, 2.24) is 14.9 Å².